The first-order valence-electron chi connectivity index (χ1n) is 7.11. The van der Waals surface area contributed by atoms with E-state index in [1.807, 2.05) is 35.2 Å². The second kappa shape index (κ2) is 11.4. The van der Waals surface area contributed by atoms with E-state index < -0.39 is 0 Å². The number of hydrogen-bond donors (Lipinski definition) is 0. The highest BCUT2D eigenvalue weighted by Gasteiger charge is 2.07. The normalized spacial score (nSPS) is 9.70. The van der Waals surface area contributed by atoms with Gasteiger partial charge in [-0.15, -0.1) is 11.3 Å². The lowest BCUT2D eigenvalue weighted by Crippen LogP contribution is -2.06. The fourth-order valence-electron chi connectivity index (χ4n) is 1.58. The van der Waals surface area contributed by atoms with Crippen LogP contribution < -0.4 is 0 Å². The largest absolute Gasteiger partial charge is 0.466 e. The van der Waals surface area contributed by atoms with Gasteiger partial charge in [0.05, 0.1) is 29.8 Å². The van der Waals surface area contributed by atoms with Gasteiger partial charge in [0, 0.05) is 0 Å². The summed E-state index contributed by atoms with van der Waals surface area (Å²) in [4.78, 5) is 21.9. The van der Waals surface area contributed by atoms with Crippen LogP contribution in [0.25, 0.3) is 0 Å². The van der Waals surface area contributed by atoms with Gasteiger partial charge in [-0.3, -0.25) is 9.59 Å². The van der Waals surface area contributed by atoms with Crippen molar-refractivity contribution in [3.05, 3.63) is 43.2 Å². The third kappa shape index (κ3) is 8.29. The molecule has 0 aliphatic carbocycles. The number of thiophene rings is 2. The molecule has 0 N–H and O–H groups in total. The topological polar surface area (TPSA) is 52.6 Å². The van der Waals surface area contributed by atoms with E-state index in [0.717, 1.165) is 14.9 Å². The van der Waals surface area contributed by atoms with E-state index in [9.17, 15) is 9.59 Å². The Balaban J connectivity index is 0.000000231. The highest BCUT2D eigenvalue weighted by atomic mass is 79.9. The number of carbonyl (C=O) groups is 2. The van der Waals surface area contributed by atoms with Crippen molar-refractivity contribution < 1.29 is 19.1 Å². The minimum absolute atomic E-state index is 0.147. The van der Waals surface area contributed by atoms with Crippen LogP contribution in [0.2, 0.25) is 0 Å². The molecule has 2 aromatic rings. The summed E-state index contributed by atoms with van der Waals surface area (Å²) in [6, 6.07) is 3.85. The Morgan fingerprint density at radius 3 is 2.17 bits per heavy atom. The first kappa shape index (κ1) is 19.9. The molecular formula is C16H19BrO4S2. The van der Waals surface area contributed by atoms with Crippen molar-refractivity contribution >= 4 is 50.5 Å². The molecule has 0 aliphatic heterocycles. The minimum atomic E-state index is -0.170. The molecule has 0 fully saturated rings. The zero-order chi connectivity index (χ0) is 17.1. The highest BCUT2D eigenvalue weighted by Crippen LogP contribution is 2.23. The maximum Gasteiger partial charge on any atom is 0.310 e. The van der Waals surface area contributed by atoms with Crippen LogP contribution in [0.4, 0.5) is 0 Å². The molecule has 4 nitrogen and oxygen atoms in total. The summed E-state index contributed by atoms with van der Waals surface area (Å²) in [6.07, 6.45) is 0.759. The van der Waals surface area contributed by atoms with Crippen LogP contribution in [0.5, 0.6) is 0 Å². The van der Waals surface area contributed by atoms with Gasteiger partial charge >= 0.3 is 11.9 Å². The van der Waals surface area contributed by atoms with Gasteiger partial charge in [-0.25, -0.2) is 0 Å². The maximum atomic E-state index is 11.0. The molecular weight excluding hydrogens is 400 g/mol. The van der Waals surface area contributed by atoms with Crippen molar-refractivity contribution in [2.24, 2.45) is 0 Å². The molecule has 0 spiro atoms. The molecule has 0 saturated heterocycles. The lowest BCUT2D eigenvalue weighted by atomic mass is 10.2. The second-order valence-corrected chi connectivity index (χ2v) is 7.33. The Kier molecular flexibility index (Phi) is 9.82. The lowest BCUT2D eigenvalue weighted by molar-refractivity contribution is -0.143. The third-order valence-electron chi connectivity index (χ3n) is 2.57. The summed E-state index contributed by atoms with van der Waals surface area (Å²) in [7, 11) is 0. The molecule has 0 amide bonds. The van der Waals surface area contributed by atoms with Gasteiger partial charge < -0.3 is 9.47 Å². The summed E-state index contributed by atoms with van der Waals surface area (Å²) < 4.78 is 10.6. The Bertz CT molecular complexity index is 593. The van der Waals surface area contributed by atoms with Gasteiger partial charge in [-0.1, -0.05) is 0 Å². The Morgan fingerprint density at radius 2 is 1.70 bits per heavy atom. The fourth-order valence-corrected chi connectivity index (χ4v) is 3.49. The molecule has 0 saturated carbocycles. The third-order valence-corrected chi connectivity index (χ3v) is 5.11. The molecule has 126 valence electrons. The number of halogens is 1. The second-order valence-electron chi connectivity index (χ2n) is 4.31. The van der Waals surface area contributed by atoms with Crippen LogP contribution >= 0.6 is 38.6 Å². The average Bonchev–Trinajstić information content (AvgIpc) is 3.13. The van der Waals surface area contributed by atoms with Crippen molar-refractivity contribution in [3.63, 3.8) is 0 Å². The van der Waals surface area contributed by atoms with Crippen LogP contribution in [0, 0.1) is 0 Å². The first-order valence-corrected chi connectivity index (χ1v) is 9.72. The van der Waals surface area contributed by atoms with E-state index in [0.29, 0.717) is 26.1 Å². The molecule has 2 heterocycles. The molecule has 0 aromatic carbocycles. The van der Waals surface area contributed by atoms with Crippen molar-refractivity contribution in [1.82, 2.24) is 0 Å². The van der Waals surface area contributed by atoms with E-state index in [1.54, 1.807) is 29.6 Å². The van der Waals surface area contributed by atoms with E-state index in [2.05, 4.69) is 15.9 Å². The quantitative estimate of drug-likeness (QED) is 0.649. The van der Waals surface area contributed by atoms with Crippen molar-refractivity contribution in [1.29, 1.82) is 0 Å². The summed E-state index contributed by atoms with van der Waals surface area (Å²) in [5.74, 6) is -0.317. The Morgan fingerprint density at radius 1 is 1.04 bits per heavy atom. The molecule has 0 unspecified atom stereocenters. The number of carbonyl (C=O) groups excluding carboxylic acids is 2. The van der Waals surface area contributed by atoms with Crippen LogP contribution in [0.15, 0.2) is 32.1 Å². The summed E-state index contributed by atoms with van der Waals surface area (Å²) in [6.45, 7) is 4.52. The van der Waals surface area contributed by atoms with Crippen LogP contribution in [-0.4, -0.2) is 25.2 Å². The zero-order valence-electron chi connectivity index (χ0n) is 13.0. The van der Waals surface area contributed by atoms with Gasteiger partial charge in [0.2, 0.25) is 0 Å². The number of hydrogen-bond acceptors (Lipinski definition) is 6. The summed E-state index contributed by atoms with van der Waals surface area (Å²) >= 11 is 6.52. The van der Waals surface area contributed by atoms with Gasteiger partial charge in [0.1, 0.15) is 0 Å². The number of ether oxygens (including phenoxy) is 2. The zero-order valence-corrected chi connectivity index (χ0v) is 16.3. The van der Waals surface area contributed by atoms with E-state index in [4.69, 9.17) is 9.47 Å². The maximum absolute atomic E-state index is 11.0. The van der Waals surface area contributed by atoms with Crippen molar-refractivity contribution in [3.8, 4) is 0 Å². The minimum Gasteiger partial charge on any atom is -0.466 e. The predicted molar refractivity (Wildman–Crippen MR) is 97.0 cm³/mol. The van der Waals surface area contributed by atoms with Crippen molar-refractivity contribution in [2.75, 3.05) is 13.2 Å². The Labute approximate surface area is 152 Å². The predicted octanol–water partition coefficient (Wildman–Crippen LogP) is 4.47. The van der Waals surface area contributed by atoms with E-state index >= 15 is 0 Å². The SMILES string of the molecule is CCOC(=O)Cc1ccsc1.CCOC(=O)Cc1ccsc1Br. The molecule has 0 radical (unpaired) electrons. The monoisotopic (exact) mass is 418 g/mol. The number of esters is 2. The molecule has 2 aromatic heterocycles. The molecule has 0 atom stereocenters. The summed E-state index contributed by atoms with van der Waals surface area (Å²) in [5, 5.41) is 5.85. The van der Waals surface area contributed by atoms with Gasteiger partial charge in [-0.2, -0.15) is 11.3 Å². The van der Waals surface area contributed by atoms with Crippen molar-refractivity contribution in [2.45, 2.75) is 26.7 Å². The van der Waals surface area contributed by atoms with Gasteiger partial charge in [0.25, 0.3) is 0 Å². The highest BCUT2D eigenvalue weighted by molar-refractivity contribution is 9.11. The number of rotatable bonds is 6. The lowest BCUT2D eigenvalue weighted by Gasteiger charge is -1.99. The van der Waals surface area contributed by atoms with Crippen LogP contribution in [0.3, 0.4) is 0 Å². The van der Waals surface area contributed by atoms with Gasteiger partial charge in [0.15, 0.2) is 0 Å². The molecule has 2 rings (SSSR count). The molecule has 23 heavy (non-hydrogen) atoms. The standard InChI is InChI=1S/C8H9BrO2S.C8H10O2S/c1-2-11-7(10)5-6-3-4-12-8(6)9;1-2-10-8(9)5-7-3-4-11-6-7/h3-4H,2,5H2,1H3;3-4,6H,2,5H2,1H3. The molecule has 0 aliphatic rings. The smallest absolute Gasteiger partial charge is 0.310 e. The van der Waals surface area contributed by atoms with Crippen LogP contribution in [0.1, 0.15) is 25.0 Å². The molecule has 0 bridgehead atoms. The van der Waals surface area contributed by atoms with E-state index in [1.165, 1.54) is 0 Å². The fraction of sp³-hybridized carbons (Fsp3) is 0.375. The van der Waals surface area contributed by atoms with Crippen LogP contribution in [-0.2, 0) is 31.9 Å². The summed E-state index contributed by atoms with van der Waals surface area (Å²) in [5.41, 5.74) is 2.03. The van der Waals surface area contributed by atoms with E-state index in [-0.39, 0.29) is 11.9 Å². The Hall–Kier alpha value is -1.18. The average molecular weight is 419 g/mol. The van der Waals surface area contributed by atoms with Gasteiger partial charge in [-0.05, 0) is 69.2 Å². The first-order chi connectivity index (χ1) is 11.1. The molecule has 7 heteroatoms.